The monoisotopic (exact) mass is 370 g/mol. The third-order valence-electron chi connectivity index (χ3n) is 4.23. The van der Waals surface area contributed by atoms with Crippen molar-refractivity contribution in [3.8, 4) is 17.2 Å². The topological polar surface area (TPSA) is 62.1 Å². The molecule has 0 bridgehead atoms. The largest absolute Gasteiger partial charge is 0.493 e. The molecule has 0 N–H and O–H groups in total. The lowest BCUT2D eigenvalue weighted by Gasteiger charge is -2.13. The van der Waals surface area contributed by atoms with Crippen LogP contribution >= 0.6 is 11.8 Å². The summed E-state index contributed by atoms with van der Waals surface area (Å²) in [5, 5.41) is 13.0. The summed E-state index contributed by atoms with van der Waals surface area (Å²) in [5.74, 6) is 2.19. The van der Waals surface area contributed by atoms with E-state index in [1.807, 2.05) is 12.1 Å². The Hall–Kier alpha value is -2.54. The zero-order valence-corrected chi connectivity index (χ0v) is 16.4. The van der Waals surface area contributed by atoms with Crippen LogP contribution in [0.25, 0.3) is 5.69 Å². The van der Waals surface area contributed by atoms with Crippen molar-refractivity contribution >= 4 is 11.8 Å². The summed E-state index contributed by atoms with van der Waals surface area (Å²) in [7, 11) is 3.29. The van der Waals surface area contributed by atoms with Gasteiger partial charge in [-0.3, -0.25) is 0 Å². The smallest absolute Gasteiger partial charge is 0.214 e. The fourth-order valence-electron chi connectivity index (χ4n) is 2.69. The van der Waals surface area contributed by atoms with Gasteiger partial charge >= 0.3 is 0 Å². The van der Waals surface area contributed by atoms with Gasteiger partial charge < -0.3 is 9.47 Å². The molecule has 0 aliphatic rings. The van der Waals surface area contributed by atoms with Crippen molar-refractivity contribution in [3.63, 3.8) is 0 Å². The molecule has 0 saturated carbocycles. The zero-order valence-electron chi connectivity index (χ0n) is 15.6. The van der Waals surface area contributed by atoms with Gasteiger partial charge in [-0.25, -0.2) is 0 Å². The van der Waals surface area contributed by atoms with Crippen LogP contribution in [0.1, 0.15) is 22.3 Å². The fraction of sp³-hybridized carbons (Fsp3) is 0.316. The Bertz CT molecular complexity index is 924. The van der Waals surface area contributed by atoms with Crippen molar-refractivity contribution in [1.82, 2.24) is 20.2 Å². The highest BCUT2D eigenvalue weighted by Crippen LogP contribution is 2.33. The molecule has 0 radical (unpaired) electrons. The average molecular weight is 370 g/mol. The van der Waals surface area contributed by atoms with Gasteiger partial charge in [-0.1, -0.05) is 23.9 Å². The lowest BCUT2D eigenvalue weighted by molar-refractivity contribution is 0.354. The average Bonchev–Trinajstić information content (AvgIpc) is 3.10. The van der Waals surface area contributed by atoms with Gasteiger partial charge in [0.15, 0.2) is 11.5 Å². The molecule has 6 nitrogen and oxygen atoms in total. The van der Waals surface area contributed by atoms with Crippen LogP contribution in [0.15, 0.2) is 35.5 Å². The summed E-state index contributed by atoms with van der Waals surface area (Å²) in [4.78, 5) is 0. The number of tetrazole rings is 1. The standard InChI is InChI=1S/C19H22N4O2S/c1-12-6-7-13(2)16(8-12)23-19(20-21-22-23)26-11-15-10-18(25-5)17(24-4)9-14(15)3/h6-10H,11H2,1-5H3. The highest BCUT2D eigenvalue weighted by Gasteiger charge is 2.14. The Balaban J connectivity index is 1.86. The van der Waals surface area contributed by atoms with Crippen molar-refractivity contribution in [3.05, 3.63) is 52.6 Å². The maximum Gasteiger partial charge on any atom is 0.214 e. The van der Waals surface area contributed by atoms with Gasteiger partial charge in [-0.15, -0.1) is 5.10 Å². The fourth-order valence-corrected chi connectivity index (χ4v) is 3.64. The molecule has 0 aliphatic heterocycles. The second-order valence-electron chi connectivity index (χ2n) is 6.09. The molecule has 7 heteroatoms. The first-order valence-electron chi connectivity index (χ1n) is 8.23. The molecule has 0 aliphatic carbocycles. The minimum atomic E-state index is 0.725. The van der Waals surface area contributed by atoms with Crippen LogP contribution in [0.4, 0.5) is 0 Å². The zero-order chi connectivity index (χ0) is 18.7. The molecule has 0 unspecified atom stereocenters. The van der Waals surface area contributed by atoms with E-state index in [-0.39, 0.29) is 0 Å². The van der Waals surface area contributed by atoms with Gasteiger partial charge in [0.1, 0.15) is 0 Å². The third kappa shape index (κ3) is 3.67. The van der Waals surface area contributed by atoms with E-state index < -0.39 is 0 Å². The minimum absolute atomic E-state index is 0.725. The molecule has 0 atom stereocenters. The predicted molar refractivity (Wildman–Crippen MR) is 102 cm³/mol. The Kier molecular flexibility index (Phi) is 5.46. The van der Waals surface area contributed by atoms with Crippen molar-refractivity contribution in [1.29, 1.82) is 0 Å². The molecule has 136 valence electrons. The second kappa shape index (κ2) is 7.78. The van der Waals surface area contributed by atoms with Crippen LogP contribution in [0.2, 0.25) is 0 Å². The van der Waals surface area contributed by atoms with E-state index in [4.69, 9.17) is 9.47 Å². The number of aryl methyl sites for hydroxylation is 3. The lowest BCUT2D eigenvalue weighted by atomic mass is 10.1. The maximum absolute atomic E-state index is 5.41. The third-order valence-corrected chi connectivity index (χ3v) is 5.20. The van der Waals surface area contributed by atoms with Crippen LogP contribution in [-0.2, 0) is 5.75 Å². The summed E-state index contributed by atoms with van der Waals surface area (Å²) < 4.78 is 12.6. The van der Waals surface area contributed by atoms with Crippen molar-refractivity contribution in [2.24, 2.45) is 0 Å². The Morgan fingerprint density at radius 1 is 0.962 bits per heavy atom. The number of nitrogens with zero attached hydrogens (tertiary/aromatic N) is 4. The van der Waals surface area contributed by atoms with E-state index in [1.54, 1.807) is 30.7 Å². The minimum Gasteiger partial charge on any atom is -0.493 e. The number of hydrogen-bond donors (Lipinski definition) is 0. The van der Waals surface area contributed by atoms with Gasteiger partial charge in [0.05, 0.1) is 19.9 Å². The molecule has 3 aromatic rings. The molecule has 1 aromatic heterocycles. The van der Waals surface area contributed by atoms with Crippen LogP contribution in [0.5, 0.6) is 11.5 Å². The van der Waals surface area contributed by atoms with Crippen LogP contribution in [0, 0.1) is 20.8 Å². The molecule has 3 rings (SSSR count). The summed E-state index contributed by atoms with van der Waals surface area (Å²) in [6.07, 6.45) is 0. The number of hydrogen-bond acceptors (Lipinski definition) is 6. The molecule has 26 heavy (non-hydrogen) atoms. The molecule has 0 amide bonds. The number of benzene rings is 2. The summed E-state index contributed by atoms with van der Waals surface area (Å²) >= 11 is 1.59. The molecule has 0 fully saturated rings. The van der Waals surface area contributed by atoms with Crippen molar-refractivity contribution < 1.29 is 9.47 Å². The quantitative estimate of drug-likeness (QED) is 0.613. The van der Waals surface area contributed by atoms with E-state index in [0.717, 1.165) is 44.8 Å². The van der Waals surface area contributed by atoms with Gasteiger partial charge in [-0.05, 0) is 71.7 Å². The SMILES string of the molecule is COc1cc(C)c(CSc2nnnn2-c2cc(C)ccc2C)cc1OC. The van der Waals surface area contributed by atoms with Crippen LogP contribution in [-0.4, -0.2) is 34.4 Å². The first-order valence-corrected chi connectivity index (χ1v) is 9.22. The van der Waals surface area contributed by atoms with Gasteiger partial charge in [0.2, 0.25) is 5.16 Å². The number of aromatic nitrogens is 4. The predicted octanol–water partition coefficient (Wildman–Crippen LogP) is 3.90. The van der Waals surface area contributed by atoms with Crippen molar-refractivity contribution in [2.75, 3.05) is 14.2 Å². The number of thioether (sulfide) groups is 1. The van der Waals surface area contributed by atoms with Gasteiger partial charge in [-0.2, -0.15) is 4.68 Å². The normalized spacial score (nSPS) is 10.8. The Labute approximate surface area is 157 Å². The number of ether oxygens (including phenoxy) is 2. The summed E-state index contributed by atoms with van der Waals surface area (Å²) in [6.45, 7) is 6.18. The van der Waals surface area contributed by atoms with Gasteiger partial charge in [0, 0.05) is 5.75 Å². The first-order chi connectivity index (χ1) is 12.5. The molecule has 1 heterocycles. The van der Waals surface area contributed by atoms with Crippen molar-refractivity contribution in [2.45, 2.75) is 31.7 Å². The number of rotatable bonds is 6. The van der Waals surface area contributed by atoms with E-state index >= 15 is 0 Å². The molecule has 2 aromatic carbocycles. The Morgan fingerprint density at radius 2 is 1.69 bits per heavy atom. The summed E-state index contributed by atoms with van der Waals surface area (Å²) in [5.41, 5.74) is 5.60. The van der Waals surface area contributed by atoms with E-state index in [2.05, 4.69) is 54.5 Å². The van der Waals surface area contributed by atoms with Crippen LogP contribution < -0.4 is 9.47 Å². The Morgan fingerprint density at radius 3 is 2.42 bits per heavy atom. The van der Waals surface area contributed by atoms with E-state index in [1.165, 1.54) is 5.56 Å². The van der Waals surface area contributed by atoms with Gasteiger partial charge in [0.25, 0.3) is 0 Å². The molecular formula is C19H22N4O2S. The molecule has 0 saturated heterocycles. The van der Waals surface area contributed by atoms with E-state index in [9.17, 15) is 0 Å². The first kappa shape index (κ1) is 18.3. The highest BCUT2D eigenvalue weighted by molar-refractivity contribution is 7.98. The van der Waals surface area contributed by atoms with Crippen LogP contribution in [0.3, 0.4) is 0 Å². The summed E-state index contributed by atoms with van der Waals surface area (Å²) in [6, 6.07) is 10.3. The van der Waals surface area contributed by atoms with E-state index in [0.29, 0.717) is 0 Å². The highest BCUT2D eigenvalue weighted by atomic mass is 32.2. The number of methoxy groups -OCH3 is 2. The molecular weight excluding hydrogens is 348 g/mol. The second-order valence-corrected chi connectivity index (χ2v) is 7.03. The molecule has 0 spiro atoms. The lowest BCUT2D eigenvalue weighted by Crippen LogP contribution is -2.02. The maximum atomic E-state index is 5.41.